The van der Waals surface area contributed by atoms with Crippen LogP contribution >= 0.6 is 11.8 Å². The van der Waals surface area contributed by atoms with E-state index in [2.05, 4.69) is 4.98 Å². The minimum atomic E-state index is -0.457. The van der Waals surface area contributed by atoms with Crippen LogP contribution in [-0.4, -0.2) is 10.9 Å². The Bertz CT molecular complexity index is 543. The van der Waals surface area contributed by atoms with E-state index in [0.29, 0.717) is 11.3 Å². The lowest BCUT2D eigenvalue weighted by atomic mass is 10.2. The van der Waals surface area contributed by atoms with Gasteiger partial charge in [-0.05, 0) is 30.3 Å². The van der Waals surface area contributed by atoms with Crippen LogP contribution in [0.3, 0.4) is 0 Å². The number of anilines is 1. The first-order valence-corrected chi connectivity index (χ1v) is 5.75. The second kappa shape index (κ2) is 4.88. The molecule has 0 bridgehead atoms. The molecule has 4 nitrogen and oxygen atoms in total. The zero-order valence-electron chi connectivity index (χ0n) is 8.96. The Kier molecular flexibility index (Phi) is 3.30. The van der Waals surface area contributed by atoms with Gasteiger partial charge in [0.25, 0.3) is 0 Å². The van der Waals surface area contributed by atoms with Gasteiger partial charge >= 0.3 is 0 Å². The maximum atomic E-state index is 11.1. The van der Waals surface area contributed by atoms with Crippen molar-refractivity contribution in [3.8, 4) is 0 Å². The molecule has 0 aliphatic heterocycles. The molecule has 0 unspecified atom stereocenters. The van der Waals surface area contributed by atoms with E-state index < -0.39 is 5.91 Å². The van der Waals surface area contributed by atoms with E-state index in [4.69, 9.17) is 11.5 Å². The van der Waals surface area contributed by atoms with Crippen molar-refractivity contribution in [1.82, 2.24) is 4.98 Å². The molecular weight excluding hydrogens is 234 g/mol. The molecule has 0 saturated heterocycles. The van der Waals surface area contributed by atoms with Crippen LogP contribution in [0.1, 0.15) is 10.4 Å². The normalized spacial score (nSPS) is 10.1. The molecule has 1 aromatic heterocycles. The van der Waals surface area contributed by atoms with Gasteiger partial charge in [-0.25, -0.2) is 0 Å². The molecule has 0 spiro atoms. The SMILES string of the molecule is NC(=O)c1ccc(N)c(Sc2ccncc2)c1. The molecule has 0 fully saturated rings. The van der Waals surface area contributed by atoms with Crippen molar-refractivity contribution in [1.29, 1.82) is 0 Å². The van der Waals surface area contributed by atoms with Crippen LogP contribution in [0.15, 0.2) is 52.5 Å². The zero-order valence-corrected chi connectivity index (χ0v) is 9.78. The third kappa shape index (κ3) is 2.76. The fourth-order valence-corrected chi connectivity index (χ4v) is 2.19. The molecule has 1 amide bonds. The first-order valence-electron chi connectivity index (χ1n) is 4.94. The van der Waals surface area contributed by atoms with Crippen LogP contribution in [0.5, 0.6) is 0 Å². The van der Waals surface area contributed by atoms with Crippen molar-refractivity contribution >= 4 is 23.4 Å². The summed E-state index contributed by atoms with van der Waals surface area (Å²) in [5.74, 6) is -0.457. The molecule has 0 atom stereocenters. The van der Waals surface area contributed by atoms with Gasteiger partial charge < -0.3 is 11.5 Å². The fraction of sp³-hybridized carbons (Fsp3) is 0. The number of carbonyl (C=O) groups excluding carboxylic acids is 1. The first kappa shape index (κ1) is 11.5. The summed E-state index contributed by atoms with van der Waals surface area (Å²) in [4.78, 5) is 16.8. The van der Waals surface area contributed by atoms with Gasteiger partial charge in [0.2, 0.25) is 5.91 Å². The Balaban J connectivity index is 2.32. The average molecular weight is 245 g/mol. The van der Waals surface area contributed by atoms with Gasteiger partial charge in [-0.2, -0.15) is 0 Å². The minimum Gasteiger partial charge on any atom is -0.398 e. The maximum Gasteiger partial charge on any atom is 0.248 e. The third-order valence-corrected chi connectivity index (χ3v) is 3.26. The topological polar surface area (TPSA) is 82.0 Å². The Morgan fingerprint density at radius 2 is 1.88 bits per heavy atom. The van der Waals surface area contributed by atoms with Crippen molar-refractivity contribution in [2.45, 2.75) is 9.79 Å². The van der Waals surface area contributed by atoms with E-state index in [9.17, 15) is 4.79 Å². The van der Waals surface area contributed by atoms with E-state index in [0.717, 1.165) is 9.79 Å². The molecule has 1 aromatic carbocycles. The lowest BCUT2D eigenvalue weighted by Crippen LogP contribution is -2.11. The van der Waals surface area contributed by atoms with Gasteiger partial charge in [0, 0.05) is 33.4 Å². The molecule has 4 N–H and O–H groups in total. The number of nitrogens with zero attached hydrogens (tertiary/aromatic N) is 1. The van der Waals surface area contributed by atoms with Gasteiger partial charge in [0.1, 0.15) is 0 Å². The van der Waals surface area contributed by atoms with Gasteiger partial charge in [0.15, 0.2) is 0 Å². The van der Waals surface area contributed by atoms with Crippen molar-refractivity contribution < 1.29 is 4.79 Å². The van der Waals surface area contributed by atoms with Gasteiger partial charge in [0.05, 0.1) is 0 Å². The summed E-state index contributed by atoms with van der Waals surface area (Å²) in [5, 5.41) is 0. The van der Waals surface area contributed by atoms with Gasteiger partial charge in [-0.3, -0.25) is 9.78 Å². The lowest BCUT2D eigenvalue weighted by molar-refractivity contribution is 0.1000. The highest BCUT2D eigenvalue weighted by Crippen LogP contribution is 2.32. The summed E-state index contributed by atoms with van der Waals surface area (Å²) in [5.41, 5.74) is 12.2. The fourth-order valence-electron chi connectivity index (χ4n) is 1.31. The zero-order chi connectivity index (χ0) is 12.3. The van der Waals surface area contributed by atoms with E-state index in [1.165, 1.54) is 11.8 Å². The van der Waals surface area contributed by atoms with Crippen LogP contribution in [-0.2, 0) is 0 Å². The van der Waals surface area contributed by atoms with Crippen molar-refractivity contribution in [3.63, 3.8) is 0 Å². The number of primary amides is 1. The molecule has 0 radical (unpaired) electrons. The number of amides is 1. The monoisotopic (exact) mass is 245 g/mol. The van der Waals surface area contributed by atoms with Crippen LogP contribution < -0.4 is 11.5 Å². The Morgan fingerprint density at radius 1 is 1.18 bits per heavy atom. The molecule has 86 valence electrons. The quantitative estimate of drug-likeness (QED) is 0.809. The second-order valence-corrected chi connectivity index (χ2v) is 4.52. The Hall–Kier alpha value is -2.01. The van der Waals surface area contributed by atoms with E-state index in [-0.39, 0.29) is 0 Å². The maximum absolute atomic E-state index is 11.1. The Morgan fingerprint density at radius 3 is 2.53 bits per heavy atom. The average Bonchev–Trinajstić information content (AvgIpc) is 2.33. The van der Waals surface area contributed by atoms with E-state index in [1.54, 1.807) is 30.6 Å². The number of carbonyl (C=O) groups is 1. The molecule has 0 aliphatic rings. The largest absolute Gasteiger partial charge is 0.398 e. The number of rotatable bonds is 3. The summed E-state index contributed by atoms with van der Waals surface area (Å²) < 4.78 is 0. The summed E-state index contributed by atoms with van der Waals surface area (Å²) in [7, 11) is 0. The van der Waals surface area contributed by atoms with Gasteiger partial charge in [-0.1, -0.05) is 11.8 Å². The smallest absolute Gasteiger partial charge is 0.248 e. The molecule has 0 aliphatic carbocycles. The highest BCUT2D eigenvalue weighted by atomic mass is 32.2. The summed E-state index contributed by atoms with van der Waals surface area (Å²) in [6.45, 7) is 0. The summed E-state index contributed by atoms with van der Waals surface area (Å²) >= 11 is 1.47. The van der Waals surface area contributed by atoms with E-state index >= 15 is 0 Å². The molecule has 17 heavy (non-hydrogen) atoms. The molecule has 2 aromatic rings. The van der Waals surface area contributed by atoms with Crippen molar-refractivity contribution in [2.75, 3.05) is 5.73 Å². The molecule has 5 heteroatoms. The lowest BCUT2D eigenvalue weighted by Gasteiger charge is -2.06. The highest BCUT2D eigenvalue weighted by Gasteiger charge is 2.06. The number of hydrogen-bond acceptors (Lipinski definition) is 4. The predicted octanol–water partition coefficient (Wildman–Crippen LogP) is 1.91. The van der Waals surface area contributed by atoms with Gasteiger partial charge in [-0.15, -0.1) is 0 Å². The molecule has 1 heterocycles. The molecular formula is C12H11N3OS. The van der Waals surface area contributed by atoms with Crippen LogP contribution in [0.4, 0.5) is 5.69 Å². The Labute approximate surface area is 103 Å². The molecule has 2 rings (SSSR count). The number of hydrogen-bond donors (Lipinski definition) is 2. The van der Waals surface area contributed by atoms with Crippen LogP contribution in [0, 0.1) is 0 Å². The van der Waals surface area contributed by atoms with E-state index in [1.807, 2.05) is 12.1 Å². The van der Waals surface area contributed by atoms with Crippen LogP contribution in [0.2, 0.25) is 0 Å². The first-order chi connectivity index (χ1) is 8.16. The minimum absolute atomic E-state index is 0.454. The third-order valence-electron chi connectivity index (χ3n) is 2.18. The predicted molar refractivity (Wildman–Crippen MR) is 67.7 cm³/mol. The summed E-state index contributed by atoms with van der Waals surface area (Å²) in [6, 6.07) is 8.75. The standard InChI is InChI=1S/C12H11N3OS/c13-10-2-1-8(12(14)16)7-11(10)17-9-3-5-15-6-4-9/h1-7H,13H2,(H2,14,16). The van der Waals surface area contributed by atoms with Crippen molar-refractivity contribution in [3.05, 3.63) is 48.3 Å². The highest BCUT2D eigenvalue weighted by molar-refractivity contribution is 7.99. The van der Waals surface area contributed by atoms with Crippen molar-refractivity contribution in [2.24, 2.45) is 5.73 Å². The number of benzene rings is 1. The molecule has 0 saturated carbocycles. The summed E-state index contributed by atoms with van der Waals surface area (Å²) in [6.07, 6.45) is 3.41. The number of pyridine rings is 1. The van der Waals surface area contributed by atoms with Crippen LogP contribution in [0.25, 0.3) is 0 Å². The second-order valence-electron chi connectivity index (χ2n) is 3.40. The number of aromatic nitrogens is 1. The number of nitrogen functional groups attached to an aromatic ring is 1. The number of nitrogens with two attached hydrogens (primary N) is 2.